The number of hydrogen-bond donors (Lipinski definition) is 1. The lowest BCUT2D eigenvalue weighted by molar-refractivity contribution is -0.126. The third-order valence-corrected chi connectivity index (χ3v) is 6.31. The summed E-state index contributed by atoms with van der Waals surface area (Å²) >= 11 is 0. The van der Waals surface area contributed by atoms with E-state index >= 15 is 0 Å². The predicted molar refractivity (Wildman–Crippen MR) is 136 cm³/mol. The van der Waals surface area contributed by atoms with Gasteiger partial charge < -0.3 is 24.7 Å². The zero-order valence-electron chi connectivity index (χ0n) is 20.4. The van der Waals surface area contributed by atoms with Crippen LogP contribution in [-0.2, 0) is 4.79 Å². The first kappa shape index (κ1) is 24.1. The molecule has 0 bridgehead atoms. The number of aryl methyl sites for hydroxylation is 1. The van der Waals surface area contributed by atoms with Gasteiger partial charge in [-0.05, 0) is 50.1 Å². The van der Waals surface area contributed by atoms with E-state index in [9.17, 15) is 9.59 Å². The quantitative estimate of drug-likeness (QED) is 0.457. The van der Waals surface area contributed by atoms with Crippen molar-refractivity contribution in [3.05, 3.63) is 71.6 Å². The molecule has 2 amide bonds. The highest BCUT2D eigenvalue weighted by Gasteiger charge is 2.33. The van der Waals surface area contributed by atoms with Crippen LogP contribution in [0.2, 0.25) is 0 Å². The van der Waals surface area contributed by atoms with E-state index in [1.54, 1.807) is 42.2 Å². The van der Waals surface area contributed by atoms with Crippen molar-refractivity contribution in [1.82, 2.24) is 9.80 Å². The van der Waals surface area contributed by atoms with Crippen LogP contribution in [-0.4, -0.2) is 60.2 Å². The summed E-state index contributed by atoms with van der Waals surface area (Å²) in [4.78, 5) is 34.0. The number of carbonyl (C=O) groups is 2. The van der Waals surface area contributed by atoms with Gasteiger partial charge in [-0.2, -0.15) is 0 Å². The molecule has 1 aliphatic heterocycles. The van der Waals surface area contributed by atoms with Crippen LogP contribution in [0.5, 0.6) is 5.75 Å². The maximum atomic E-state index is 13.5. The van der Waals surface area contributed by atoms with E-state index in [-0.39, 0.29) is 23.7 Å². The van der Waals surface area contributed by atoms with Gasteiger partial charge in [-0.25, -0.2) is 4.99 Å². The molecule has 1 saturated heterocycles. The van der Waals surface area contributed by atoms with Crippen LogP contribution < -0.4 is 10.5 Å². The normalized spacial score (nSPS) is 17.1. The topological polar surface area (TPSA) is 101 Å². The largest absolute Gasteiger partial charge is 0.497 e. The summed E-state index contributed by atoms with van der Waals surface area (Å²) in [6, 6.07) is 15.0. The van der Waals surface area contributed by atoms with Crippen molar-refractivity contribution in [1.29, 1.82) is 0 Å². The van der Waals surface area contributed by atoms with Crippen molar-refractivity contribution in [3.63, 3.8) is 0 Å². The van der Waals surface area contributed by atoms with Gasteiger partial charge in [0.15, 0.2) is 5.84 Å². The maximum Gasteiger partial charge on any atom is 0.289 e. The van der Waals surface area contributed by atoms with Gasteiger partial charge in [-0.15, -0.1) is 0 Å². The smallest absolute Gasteiger partial charge is 0.289 e. The second-order valence-electron chi connectivity index (χ2n) is 8.69. The van der Waals surface area contributed by atoms with Crippen LogP contribution in [0.25, 0.3) is 16.5 Å². The molecular formula is C27H30N4O4. The van der Waals surface area contributed by atoms with Crippen LogP contribution in [0, 0.1) is 6.92 Å². The number of ether oxygens (including phenoxy) is 1. The average molecular weight is 475 g/mol. The van der Waals surface area contributed by atoms with Crippen LogP contribution in [0.4, 0.5) is 0 Å². The number of nitrogens with zero attached hydrogens (tertiary/aromatic N) is 3. The summed E-state index contributed by atoms with van der Waals surface area (Å²) in [5.41, 5.74) is 9.08. The van der Waals surface area contributed by atoms with Crippen molar-refractivity contribution >= 4 is 34.2 Å². The minimum absolute atomic E-state index is 0.0731. The molecular weight excluding hydrogens is 444 g/mol. The van der Waals surface area contributed by atoms with Crippen molar-refractivity contribution in [2.75, 3.05) is 26.7 Å². The van der Waals surface area contributed by atoms with Crippen LogP contribution >= 0.6 is 0 Å². The highest BCUT2D eigenvalue weighted by molar-refractivity contribution is 6.37. The monoisotopic (exact) mass is 474 g/mol. The van der Waals surface area contributed by atoms with E-state index in [0.29, 0.717) is 42.3 Å². The summed E-state index contributed by atoms with van der Waals surface area (Å²) in [6.45, 7) is 6.73. The van der Waals surface area contributed by atoms with Crippen molar-refractivity contribution in [2.24, 2.45) is 10.7 Å². The Hall–Kier alpha value is -4.07. The molecule has 8 heteroatoms. The SMILES string of the molecule is COc1ccc2oc(C)c(C(=O)N3CCN(C(=O)C(N)=NC=C(C)c4ccccc4)CC3C)c2c1. The molecule has 2 N–H and O–H groups in total. The third-order valence-electron chi connectivity index (χ3n) is 6.31. The number of furan rings is 1. The molecule has 0 saturated carbocycles. The van der Waals surface area contributed by atoms with E-state index in [4.69, 9.17) is 14.9 Å². The summed E-state index contributed by atoms with van der Waals surface area (Å²) in [6.07, 6.45) is 1.60. The van der Waals surface area contributed by atoms with Crippen LogP contribution in [0.15, 0.2) is 64.1 Å². The fourth-order valence-electron chi connectivity index (χ4n) is 4.34. The highest BCUT2D eigenvalue weighted by Crippen LogP contribution is 2.31. The molecule has 3 aromatic rings. The summed E-state index contributed by atoms with van der Waals surface area (Å²) in [5, 5.41) is 0.717. The summed E-state index contributed by atoms with van der Waals surface area (Å²) in [7, 11) is 1.59. The zero-order valence-corrected chi connectivity index (χ0v) is 20.4. The number of carbonyl (C=O) groups excluding carboxylic acids is 2. The summed E-state index contributed by atoms with van der Waals surface area (Å²) < 4.78 is 11.1. The number of allylic oxidation sites excluding steroid dienone is 1. The van der Waals surface area contributed by atoms with Gasteiger partial charge in [0.2, 0.25) is 0 Å². The first-order chi connectivity index (χ1) is 16.8. The molecule has 1 atom stereocenters. The standard InChI is InChI=1S/C27H30N4O4/c1-17(20-8-6-5-7-9-20)15-29-25(28)27(33)30-12-13-31(18(2)16-30)26(32)24-19(3)35-23-11-10-21(34-4)14-22(23)24/h5-11,14-15,18H,12-13,16H2,1-4H3,(H2,28,29). The van der Waals surface area contributed by atoms with Gasteiger partial charge in [-0.1, -0.05) is 30.3 Å². The fourth-order valence-corrected chi connectivity index (χ4v) is 4.34. The molecule has 1 aromatic heterocycles. The summed E-state index contributed by atoms with van der Waals surface area (Å²) in [5.74, 6) is 0.673. The molecule has 0 radical (unpaired) electrons. The Bertz CT molecular complexity index is 1310. The van der Waals surface area contributed by atoms with Crippen molar-refractivity contribution < 1.29 is 18.7 Å². The van der Waals surface area contributed by atoms with Crippen LogP contribution in [0.1, 0.15) is 35.5 Å². The molecule has 0 aliphatic carbocycles. The minimum atomic E-state index is -0.337. The van der Waals surface area contributed by atoms with Gasteiger partial charge in [0, 0.05) is 37.3 Å². The van der Waals surface area contributed by atoms with E-state index in [1.165, 1.54) is 0 Å². The predicted octanol–water partition coefficient (Wildman–Crippen LogP) is 3.84. The lowest BCUT2D eigenvalue weighted by Gasteiger charge is -2.39. The Labute approximate surface area is 204 Å². The minimum Gasteiger partial charge on any atom is -0.497 e. The average Bonchev–Trinajstić information content (AvgIpc) is 3.21. The van der Waals surface area contributed by atoms with E-state index in [0.717, 1.165) is 16.5 Å². The number of amidine groups is 1. The number of nitrogens with two attached hydrogens (primary N) is 1. The highest BCUT2D eigenvalue weighted by atomic mass is 16.5. The molecule has 2 heterocycles. The molecule has 1 fully saturated rings. The van der Waals surface area contributed by atoms with Crippen molar-refractivity contribution in [3.8, 4) is 5.75 Å². The van der Waals surface area contributed by atoms with E-state index < -0.39 is 0 Å². The Balaban J connectivity index is 1.47. The Kier molecular flexibility index (Phi) is 6.91. The Morgan fingerprint density at radius 1 is 1.17 bits per heavy atom. The molecule has 1 unspecified atom stereocenters. The Morgan fingerprint density at radius 3 is 2.60 bits per heavy atom. The van der Waals surface area contributed by atoms with Gasteiger partial charge in [0.05, 0.1) is 12.7 Å². The number of aliphatic imine (C=N–C) groups is 1. The molecule has 1 aliphatic rings. The van der Waals surface area contributed by atoms with Gasteiger partial charge in [0.25, 0.3) is 11.8 Å². The number of rotatable bonds is 4. The molecule has 4 rings (SSSR count). The number of benzene rings is 2. The van der Waals surface area contributed by atoms with Gasteiger partial charge in [-0.3, -0.25) is 9.59 Å². The second kappa shape index (κ2) is 10.0. The number of hydrogen-bond acceptors (Lipinski definition) is 5. The first-order valence-electron chi connectivity index (χ1n) is 11.5. The molecule has 182 valence electrons. The maximum absolute atomic E-state index is 13.5. The molecule has 8 nitrogen and oxygen atoms in total. The van der Waals surface area contributed by atoms with Crippen LogP contribution in [0.3, 0.4) is 0 Å². The van der Waals surface area contributed by atoms with Gasteiger partial charge in [0.1, 0.15) is 17.1 Å². The number of fused-ring (bicyclic) bond motifs is 1. The first-order valence-corrected chi connectivity index (χ1v) is 11.5. The Morgan fingerprint density at radius 2 is 1.91 bits per heavy atom. The molecule has 0 spiro atoms. The zero-order chi connectivity index (χ0) is 25.1. The fraction of sp³-hybridized carbons (Fsp3) is 0.296. The second-order valence-corrected chi connectivity index (χ2v) is 8.69. The lowest BCUT2D eigenvalue weighted by Crippen LogP contribution is -2.57. The van der Waals surface area contributed by atoms with E-state index in [1.807, 2.05) is 50.2 Å². The number of amides is 2. The number of methoxy groups -OCH3 is 1. The number of piperazine rings is 1. The third kappa shape index (κ3) is 4.91. The molecule has 35 heavy (non-hydrogen) atoms. The van der Waals surface area contributed by atoms with Crippen molar-refractivity contribution in [2.45, 2.75) is 26.8 Å². The van der Waals surface area contributed by atoms with E-state index in [2.05, 4.69) is 4.99 Å². The molecule has 2 aromatic carbocycles. The lowest BCUT2D eigenvalue weighted by atomic mass is 10.1. The van der Waals surface area contributed by atoms with Gasteiger partial charge >= 0.3 is 0 Å².